The molecule has 0 aromatic heterocycles. The number of ether oxygens (including phenoxy) is 1. The summed E-state index contributed by atoms with van der Waals surface area (Å²) in [6.07, 6.45) is 0. The molecule has 3 nitrogen and oxygen atoms in total. The Balaban J connectivity index is 0.000000531. The predicted octanol–water partition coefficient (Wildman–Crippen LogP) is 2.36. The Bertz CT molecular complexity index is 336. The average Bonchev–Trinajstić information content (AvgIpc) is 2.44. The van der Waals surface area contributed by atoms with E-state index in [2.05, 4.69) is 0 Å². The normalized spacial score (nSPS) is 14.3. The second kappa shape index (κ2) is 5.39. The van der Waals surface area contributed by atoms with Gasteiger partial charge in [-0.2, -0.15) is 0 Å². The van der Waals surface area contributed by atoms with Gasteiger partial charge in [-0.25, -0.2) is 0 Å². The van der Waals surface area contributed by atoms with E-state index < -0.39 is 0 Å². The van der Waals surface area contributed by atoms with Gasteiger partial charge in [0, 0.05) is 7.05 Å². The maximum Gasteiger partial charge on any atom is 0.131 e. The Kier molecular flexibility index (Phi) is 4.16. The summed E-state index contributed by atoms with van der Waals surface area (Å²) in [5.74, 6) is 1.35. The average molecular weight is 206 g/mol. The molecule has 0 fully saturated rings. The van der Waals surface area contributed by atoms with E-state index in [4.69, 9.17) is 10.1 Å². The summed E-state index contributed by atoms with van der Waals surface area (Å²) >= 11 is 0. The molecule has 0 aliphatic carbocycles. The minimum atomic E-state index is 0.535. The van der Waals surface area contributed by atoms with E-state index in [0.29, 0.717) is 12.4 Å². The van der Waals surface area contributed by atoms with Gasteiger partial charge in [0.25, 0.3) is 0 Å². The Morgan fingerprint density at radius 2 is 1.93 bits per heavy atom. The molecule has 0 saturated carbocycles. The van der Waals surface area contributed by atoms with Gasteiger partial charge in [0.2, 0.25) is 0 Å². The molecule has 1 aliphatic heterocycles. The van der Waals surface area contributed by atoms with Crippen molar-refractivity contribution in [3.05, 3.63) is 29.8 Å². The summed E-state index contributed by atoms with van der Waals surface area (Å²) in [5, 5.41) is 7.86. The van der Waals surface area contributed by atoms with E-state index in [1.807, 2.05) is 50.1 Å². The van der Waals surface area contributed by atoms with Crippen molar-refractivity contribution in [2.24, 2.45) is 0 Å². The number of likely N-dealkylation sites (N-methyl/N-ethyl adjacent to an activating group) is 1. The predicted molar refractivity (Wildman–Crippen MR) is 62.7 cm³/mol. The molecule has 0 unspecified atom stereocenters. The topological polar surface area (TPSA) is 36.3 Å². The fourth-order valence-electron chi connectivity index (χ4n) is 1.40. The van der Waals surface area contributed by atoms with E-state index in [0.717, 1.165) is 17.9 Å². The van der Waals surface area contributed by atoms with Crippen LogP contribution >= 0.6 is 0 Å². The second-order valence-corrected chi connectivity index (χ2v) is 3.11. The number of benzene rings is 1. The van der Waals surface area contributed by atoms with Crippen LogP contribution in [0.15, 0.2) is 24.3 Å². The first-order chi connectivity index (χ1) is 7.29. The fraction of sp³-hybridized carbons (Fsp3) is 0.417. The van der Waals surface area contributed by atoms with Gasteiger partial charge >= 0.3 is 0 Å². The molecular formula is C12H18N2O. The van der Waals surface area contributed by atoms with E-state index >= 15 is 0 Å². The largest absolute Gasteiger partial charge is 0.491 e. The molecule has 1 aromatic carbocycles. The summed E-state index contributed by atoms with van der Waals surface area (Å²) in [5.41, 5.74) is 0.877. The molecule has 82 valence electrons. The Labute approximate surface area is 91.2 Å². The standard InChI is InChI=1S/C10H12N2O.C2H6/c1-12-6-7-13-9-5-3-2-4-8(9)10(12)11;1-2/h2-5,11H,6-7H2,1H3;1-2H3. The molecule has 1 aliphatic rings. The first-order valence-corrected chi connectivity index (χ1v) is 5.31. The lowest BCUT2D eigenvalue weighted by Gasteiger charge is -2.15. The third kappa shape index (κ3) is 2.49. The number of amidine groups is 1. The molecule has 3 heteroatoms. The molecule has 1 aromatic rings. The van der Waals surface area contributed by atoms with Gasteiger partial charge < -0.3 is 9.64 Å². The molecule has 0 bridgehead atoms. The summed E-state index contributed by atoms with van der Waals surface area (Å²) in [4.78, 5) is 1.89. The summed E-state index contributed by atoms with van der Waals surface area (Å²) in [6.45, 7) is 5.42. The number of hydrogen-bond acceptors (Lipinski definition) is 2. The van der Waals surface area contributed by atoms with Crippen molar-refractivity contribution in [2.75, 3.05) is 20.2 Å². The molecule has 0 radical (unpaired) electrons. The van der Waals surface area contributed by atoms with E-state index in [-0.39, 0.29) is 0 Å². The SMILES string of the molecule is CC.CN1CCOc2ccccc2C1=N. The number of rotatable bonds is 0. The maximum atomic E-state index is 7.86. The Hall–Kier alpha value is -1.51. The minimum absolute atomic E-state index is 0.535. The van der Waals surface area contributed by atoms with Crippen molar-refractivity contribution < 1.29 is 4.74 Å². The number of nitrogens with zero attached hydrogens (tertiary/aromatic N) is 1. The van der Waals surface area contributed by atoms with E-state index in [9.17, 15) is 0 Å². The van der Waals surface area contributed by atoms with Crippen LogP contribution < -0.4 is 4.74 Å². The number of hydrogen-bond donors (Lipinski definition) is 1. The summed E-state index contributed by atoms with van der Waals surface area (Å²) < 4.78 is 5.51. The molecule has 15 heavy (non-hydrogen) atoms. The van der Waals surface area contributed by atoms with Gasteiger partial charge in [-0.1, -0.05) is 26.0 Å². The van der Waals surface area contributed by atoms with Crippen LogP contribution in [0.2, 0.25) is 0 Å². The van der Waals surface area contributed by atoms with Gasteiger partial charge in [-0.3, -0.25) is 5.41 Å². The number of fused-ring (bicyclic) bond motifs is 1. The fourth-order valence-corrected chi connectivity index (χ4v) is 1.40. The van der Waals surface area contributed by atoms with Gasteiger partial charge in [0.15, 0.2) is 0 Å². The lowest BCUT2D eigenvalue weighted by Crippen LogP contribution is -2.27. The Morgan fingerprint density at radius 3 is 2.67 bits per heavy atom. The van der Waals surface area contributed by atoms with Crippen molar-refractivity contribution in [1.29, 1.82) is 5.41 Å². The van der Waals surface area contributed by atoms with Crippen molar-refractivity contribution in [1.82, 2.24) is 4.90 Å². The van der Waals surface area contributed by atoms with Gasteiger partial charge in [0.05, 0.1) is 12.1 Å². The monoisotopic (exact) mass is 206 g/mol. The molecule has 1 heterocycles. The van der Waals surface area contributed by atoms with Crippen LogP contribution in [0, 0.1) is 5.41 Å². The van der Waals surface area contributed by atoms with Crippen molar-refractivity contribution in [3.63, 3.8) is 0 Å². The van der Waals surface area contributed by atoms with Crippen LogP contribution in [0.3, 0.4) is 0 Å². The van der Waals surface area contributed by atoms with Crippen LogP contribution in [0.25, 0.3) is 0 Å². The van der Waals surface area contributed by atoms with Crippen LogP contribution in [-0.2, 0) is 0 Å². The summed E-state index contributed by atoms with van der Waals surface area (Å²) in [7, 11) is 1.91. The van der Waals surface area contributed by atoms with Crippen LogP contribution in [0.5, 0.6) is 5.75 Å². The zero-order valence-electron chi connectivity index (χ0n) is 9.58. The third-order valence-electron chi connectivity index (χ3n) is 2.21. The quantitative estimate of drug-likeness (QED) is 0.707. The first kappa shape index (κ1) is 11.6. The minimum Gasteiger partial charge on any atom is -0.491 e. The van der Waals surface area contributed by atoms with Gasteiger partial charge in [-0.05, 0) is 12.1 Å². The van der Waals surface area contributed by atoms with E-state index in [1.165, 1.54) is 0 Å². The third-order valence-corrected chi connectivity index (χ3v) is 2.21. The Morgan fingerprint density at radius 1 is 1.27 bits per heavy atom. The van der Waals surface area contributed by atoms with E-state index in [1.54, 1.807) is 0 Å². The highest BCUT2D eigenvalue weighted by molar-refractivity contribution is 5.99. The van der Waals surface area contributed by atoms with Gasteiger partial charge in [-0.15, -0.1) is 0 Å². The summed E-state index contributed by atoms with van der Waals surface area (Å²) in [6, 6.07) is 7.68. The zero-order chi connectivity index (χ0) is 11.3. The number of nitrogens with one attached hydrogen (secondary N) is 1. The highest BCUT2D eigenvalue weighted by Crippen LogP contribution is 2.21. The highest BCUT2D eigenvalue weighted by atomic mass is 16.5. The highest BCUT2D eigenvalue weighted by Gasteiger charge is 2.16. The molecule has 0 amide bonds. The first-order valence-electron chi connectivity index (χ1n) is 5.31. The molecule has 1 N–H and O–H groups in total. The molecule has 0 spiro atoms. The second-order valence-electron chi connectivity index (χ2n) is 3.11. The van der Waals surface area contributed by atoms with Crippen LogP contribution in [-0.4, -0.2) is 30.9 Å². The molecule has 0 saturated heterocycles. The van der Waals surface area contributed by atoms with Crippen molar-refractivity contribution in [2.45, 2.75) is 13.8 Å². The maximum absolute atomic E-state index is 7.86. The lowest BCUT2D eigenvalue weighted by atomic mass is 10.2. The smallest absolute Gasteiger partial charge is 0.131 e. The van der Waals surface area contributed by atoms with Crippen LogP contribution in [0.1, 0.15) is 19.4 Å². The van der Waals surface area contributed by atoms with Gasteiger partial charge in [0.1, 0.15) is 18.2 Å². The number of para-hydroxylation sites is 1. The molecular weight excluding hydrogens is 188 g/mol. The lowest BCUT2D eigenvalue weighted by molar-refractivity contribution is 0.294. The molecule has 0 atom stereocenters. The van der Waals surface area contributed by atoms with Crippen molar-refractivity contribution in [3.8, 4) is 5.75 Å². The zero-order valence-corrected chi connectivity index (χ0v) is 9.58. The van der Waals surface area contributed by atoms with Crippen LogP contribution in [0.4, 0.5) is 0 Å². The van der Waals surface area contributed by atoms with Crippen molar-refractivity contribution >= 4 is 5.84 Å². The molecule has 2 rings (SSSR count).